The van der Waals surface area contributed by atoms with Crippen molar-refractivity contribution in [3.8, 4) is 0 Å². The number of carbonyl (C=O) groups excluding carboxylic acids is 3. The summed E-state index contributed by atoms with van der Waals surface area (Å²) in [6, 6.07) is 4.58. The molecule has 0 radical (unpaired) electrons. The molecule has 10 heteroatoms. The van der Waals surface area contributed by atoms with Crippen molar-refractivity contribution >= 4 is 33.4 Å². The largest absolute Gasteiger partial charge is 0.341 e. The number of amides is 3. The molecule has 0 aliphatic heterocycles. The highest BCUT2D eigenvalue weighted by atomic mass is 32.2. The molecule has 0 unspecified atom stereocenters. The first kappa shape index (κ1) is 25.8. The van der Waals surface area contributed by atoms with Gasteiger partial charge in [-0.2, -0.15) is 4.72 Å². The lowest BCUT2D eigenvalue weighted by molar-refractivity contribution is -0.143. The van der Waals surface area contributed by atoms with Gasteiger partial charge in [0, 0.05) is 25.7 Å². The third-order valence-electron chi connectivity index (χ3n) is 5.74. The minimum atomic E-state index is -3.98. The molecule has 1 aromatic rings. The average Bonchev–Trinajstić information content (AvgIpc) is 2.74. The van der Waals surface area contributed by atoms with Crippen LogP contribution in [-0.2, 0) is 24.4 Å². The third kappa shape index (κ3) is 6.29. The van der Waals surface area contributed by atoms with Gasteiger partial charge < -0.3 is 15.5 Å². The van der Waals surface area contributed by atoms with Crippen molar-refractivity contribution in [3.63, 3.8) is 0 Å². The number of nitrogens with zero attached hydrogens (tertiary/aromatic N) is 1. The molecule has 1 aliphatic rings. The molecule has 1 aromatic carbocycles. The van der Waals surface area contributed by atoms with E-state index in [0.717, 1.165) is 19.3 Å². The predicted octanol–water partition coefficient (Wildman–Crippen LogP) is 2.00. The second kappa shape index (κ2) is 10.9. The molecule has 0 spiro atoms. The normalized spacial score (nSPS) is 16.6. The first-order valence-corrected chi connectivity index (χ1v) is 12.5. The van der Waals surface area contributed by atoms with E-state index in [1.807, 2.05) is 13.8 Å². The summed E-state index contributed by atoms with van der Waals surface area (Å²) in [5.41, 5.74) is -0.530. The van der Waals surface area contributed by atoms with Crippen molar-refractivity contribution in [2.45, 2.75) is 76.3 Å². The molecule has 0 bridgehead atoms. The summed E-state index contributed by atoms with van der Waals surface area (Å²) in [4.78, 5) is 38.9. The second-order valence-corrected chi connectivity index (χ2v) is 9.87. The molecule has 1 fully saturated rings. The maximum Gasteiger partial charge on any atom is 0.248 e. The van der Waals surface area contributed by atoms with Gasteiger partial charge in [0.25, 0.3) is 0 Å². The zero-order valence-corrected chi connectivity index (χ0v) is 20.0. The molecule has 0 heterocycles. The Labute approximate surface area is 190 Å². The van der Waals surface area contributed by atoms with Gasteiger partial charge in [0.05, 0.1) is 10.9 Å². The van der Waals surface area contributed by atoms with Crippen LogP contribution >= 0.6 is 0 Å². The Kier molecular flexibility index (Phi) is 8.80. The van der Waals surface area contributed by atoms with E-state index in [4.69, 9.17) is 0 Å². The third-order valence-corrected chi connectivity index (χ3v) is 7.30. The Morgan fingerprint density at radius 2 is 1.59 bits per heavy atom. The SMILES string of the molecule is CCN(CC)C(=O)C1(NC(=O)[C@H](C)NS(=O)(=O)c2ccc(NC(C)=O)cc2)CCCCC1. The molecule has 3 amide bonds. The highest BCUT2D eigenvalue weighted by Gasteiger charge is 2.43. The van der Waals surface area contributed by atoms with E-state index in [9.17, 15) is 22.8 Å². The zero-order chi connectivity index (χ0) is 23.9. The van der Waals surface area contributed by atoms with Crippen molar-refractivity contribution < 1.29 is 22.8 Å². The smallest absolute Gasteiger partial charge is 0.248 e. The molecular weight excluding hydrogens is 432 g/mol. The topological polar surface area (TPSA) is 125 Å². The van der Waals surface area contributed by atoms with E-state index in [0.29, 0.717) is 31.6 Å². The van der Waals surface area contributed by atoms with E-state index in [2.05, 4.69) is 15.4 Å². The van der Waals surface area contributed by atoms with Crippen molar-refractivity contribution in [2.24, 2.45) is 0 Å². The van der Waals surface area contributed by atoms with Gasteiger partial charge in [0.15, 0.2) is 0 Å². The van der Waals surface area contributed by atoms with Gasteiger partial charge in [-0.1, -0.05) is 19.3 Å². The number of benzene rings is 1. The fourth-order valence-corrected chi connectivity index (χ4v) is 5.18. The summed E-state index contributed by atoms with van der Waals surface area (Å²) >= 11 is 0. The van der Waals surface area contributed by atoms with Crippen molar-refractivity contribution in [1.82, 2.24) is 14.9 Å². The Hall–Kier alpha value is -2.46. The number of rotatable bonds is 9. The lowest BCUT2D eigenvalue weighted by atomic mass is 9.80. The number of hydrogen-bond acceptors (Lipinski definition) is 5. The van der Waals surface area contributed by atoms with Crippen molar-refractivity contribution in [2.75, 3.05) is 18.4 Å². The van der Waals surface area contributed by atoms with Crippen LogP contribution in [0.2, 0.25) is 0 Å². The predicted molar refractivity (Wildman–Crippen MR) is 122 cm³/mol. The lowest BCUT2D eigenvalue weighted by Crippen LogP contribution is -2.63. The van der Waals surface area contributed by atoms with E-state index < -0.39 is 27.5 Å². The van der Waals surface area contributed by atoms with Crippen LogP contribution < -0.4 is 15.4 Å². The number of hydrogen-bond donors (Lipinski definition) is 3. The molecule has 1 saturated carbocycles. The summed E-state index contributed by atoms with van der Waals surface area (Å²) in [6.45, 7) is 7.70. The highest BCUT2D eigenvalue weighted by Crippen LogP contribution is 2.30. The van der Waals surface area contributed by atoms with Crippen molar-refractivity contribution in [3.05, 3.63) is 24.3 Å². The monoisotopic (exact) mass is 466 g/mol. The van der Waals surface area contributed by atoms with Gasteiger partial charge in [-0.25, -0.2) is 8.42 Å². The first-order chi connectivity index (χ1) is 15.0. The summed E-state index contributed by atoms with van der Waals surface area (Å²) in [6.07, 6.45) is 3.73. The number of sulfonamides is 1. The minimum absolute atomic E-state index is 0.0298. The fourth-order valence-electron chi connectivity index (χ4n) is 3.98. The minimum Gasteiger partial charge on any atom is -0.341 e. The molecule has 0 saturated heterocycles. The van der Waals surface area contributed by atoms with Crippen LogP contribution in [0.25, 0.3) is 0 Å². The number of carbonyl (C=O) groups is 3. The van der Waals surface area contributed by atoms with E-state index >= 15 is 0 Å². The molecule has 178 valence electrons. The Morgan fingerprint density at radius 3 is 2.09 bits per heavy atom. The fraction of sp³-hybridized carbons (Fsp3) is 0.591. The summed E-state index contributed by atoms with van der Waals surface area (Å²) in [7, 11) is -3.98. The maximum absolute atomic E-state index is 13.2. The van der Waals surface area contributed by atoms with Gasteiger partial charge in [0.2, 0.25) is 27.7 Å². The molecule has 1 atom stereocenters. The van der Waals surface area contributed by atoms with Crippen LogP contribution in [0, 0.1) is 0 Å². The summed E-state index contributed by atoms with van der Waals surface area (Å²) < 4.78 is 27.9. The molecule has 0 aromatic heterocycles. The highest BCUT2D eigenvalue weighted by molar-refractivity contribution is 7.89. The molecule has 1 aliphatic carbocycles. The molecular formula is C22H34N4O5S. The summed E-state index contributed by atoms with van der Waals surface area (Å²) in [5.74, 6) is -0.912. The van der Waals surface area contributed by atoms with Gasteiger partial charge in [-0.15, -0.1) is 0 Å². The van der Waals surface area contributed by atoms with Gasteiger partial charge in [-0.05, 0) is 57.9 Å². The summed E-state index contributed by atoms with van der Waals surface area (Å²) in [5, 5.41) is 5.45. The Bertz CT molecular complexity index is 920. The molecule has 32 heavy (non-hydrogen) atoms. The molecule has 9 nitrogen and oxygen atoms in total. The van der Waals surface area contributed by atoms with E-state index in [1.54, 1.807) is 4.90 Å². The van der Waals surface area contributed by atoms with Gasteiger partial charge >= 0.3 is 0 Å². The number of likely N-dealkylation sites (N-methyl/N-ethyl adjacent to an activating group) is 1. The van der Waals surface area contributed by atoms with Crippen molar-refractivity contribution in [1.29, 1.82) is 0 Å². The van der Waals surface area contributed by atoms with Crippen LogP contribution in [0.15, 0.2) is 29.2 Å². The van der Waals surface area contributed by atoms with Crippen LogP contribution in [0.4, 0.5) is 5.69 Å². The second-order valence-electron chi connectivity index (χ2n) is 8.16. The zero-order valence-electron chi connectivity index (χ0n) is 19.2. The van der Waals surface area contributed by atoms with Crippen LogP contribution in [0.1, 0.15) is 59.8 Å². The molecule has 2 rings (SSSR count). The van der Waals surface area contributed by atoms with Gasteiger partial charge in [-0.3, -0.25) is 14.4 Å². The molecule has 3 N–H and O–H groups in total. The van der Waals surface area contributed by atoms with Crippen LogP contribution in [-0.4, -0.2) is 55.7 Å². The standard InChI is InChI=1S/C22H34N4O5S/c1-5-26(6-2)21(29)22(14-8-7-9-15-22)24-20(28)16(3)25-32(30,31)19-12-10-18(11-13-19)23-17(4)27/h10-13,16,25H,5-9,14-15H2,1-4H3,(H,23,27)(H,24,28)/t16-/m0/s1. The maximum atomic E-state index is 13.2. The van der Waals surface area contributed by atoms with Gasteiger partial charge in [0.1, 0.15) is 5.54 Å². The Balaban J connectivity index is 2.14. The Morgan fingerprint density at radius 1 is 1.03 bits per heavy atom. The lowest BCUT2D eigenvalue weighted by Gasteiger charge is -2.40. The van der Waals surface area contributed by atoms with Crippen LogP contribution in [0.3, 0.4) is 0 Å². The van der Waals surface area contributed by atoms with Crippen LogP contribution in [0.5, 0.6) is 0 Å². The average molecular weight is 467 g/mol. The first-order valence-electron chi connectivity index (χ1n) is 11.1. The quantitative estimate of drug-likeness (QED) is 0.513. The number of anilines is 1. The number of nitrogens with one attached hydrogen (secondary N) is 3. The van der Waals surface area contributed by atoms with E-state index in [1.165, 1.54) is 38.1 Å². The van der Waals surface area contributed by atoms with E-state index in [-0.39, 0.29) is 16.7 Å².